The van der Waals surface area contributed by atoms with Gasteiger partial charge in [0.15, 0.2) is 0 Å². The molecule has 0 bridgehead atoms. The number of nitro groups is 1. The van der Waals surface area contributed by atoms with Crippen LogP contribution in [0.1, 0.15) is 24.1 Å². The number of hydrogen-bond acceptors (Lipinski definition) is 4. The molecule has 3 aromatic rings. The van der Waals surface area contributed by atoms with Crippen molar-refractivity contribution in [2.75, 3.05) is 0 Å². The largest absolute Gasteiger partial charge is 0.508 e. The molecule has 0 saturated heterocycles. The van der Waals surface area contributed by atoms with E-state index >= 15 is 0 Å². The molecule has 0 unspecified atom stereocenters. The second kappa shape index (κ2) is 6.60. The first-order valence-electron chi connectivity index (χ1n) is 7.69. The Morgan fingerprint density at radius 2 is 1.88 bits per heavy atom. The van der Waals surface area contributed by atoms with E-state index in [-0.39, 0.29) is 17.3 Å². The summed E-state index contributed by atoms with van der Waals surface area (Å²) in [7, 11) is 0. The van der Waals surface area contributed by atoms with Crippen molar-refractivity contribution >= 4 is 22.4 Å². The van der Waals surface area contributed by atoms with E-state index in [4.69, 9.17) is 0 Å². The summed E-state index contributed by atoms with van der Waals surface area (Å²) in [5.74, 6) is -0.284. The third-order valence-electron chi connectivity index (χ3n) is 4.00. The summed E-state index contributed by atoms with van der Waals surface area (Å²) in [6, 6.07) is 16.1. The Bertz CT molecular complexity index is 969. The molecular weight excluding hydrogens is 320 g/mol. The van der Waals surface area contributed by atoms with E-state index in [2.05, 4.69) is 5.32 Å². The van der Waals surface area contributed by atoms with Crippen LogP contribution < -0.4 is 5.32 Å². The normalized spacial score (nSPS) is 11.9. The number of non-ortho nitro benzene ring substituents is 1. The van der Waals surface area contributed by atoms with Gasteiger partial charge >= 0.3 is 0 Å². The Morgan fingerprint density at radius 1 is 1.12 bits per heavy atom. The number of carbonyl (C=O) groups excluding carboxylic acids is 1. The van der Waals surface area contributed by atoms with Gasteiger partial charge in [-0.2, -0.15) is 0 Å². The van der Waals surface area contributed by atoms with E-state index in [0.717, 1.165) is 10.8 Å². The molecule has 0 aliphatic rings. The molecule has 1 amide bonds. The predicted molar refractivity (Wildman–Crippen MR) is 94.4 cm³/mol. The molecule has 0 radical (unpaired) electrons. The molecule has 1 atom stereocenters. The molecule has 0 fully saturated rings. The number of amides is 1. The van der Waals surface area contributed by atoms with Gasteiger partial charge in [-0.15, -0.1) is 0 Å². The highest BCUT2D eigenvalue weighted by atomic mass is 16.6. The number of phenols is 1. The Morgan fingerprint density at radius 3 is 2.60 bits per heavy atom. The number of benzene rings is 3. The van der Waals surface area contributed by atoms with Crippen LogP contribution in [-0.2, 0) is 4.79 Å². The standard InChI is InChI=1S/C19H16N2O4/c1-12(22)20-19(14-6-4-7-15(11-14)21(24)25)18-16-8-3-2-5-13(16)9-10-17(18)23/h2-11,19,23H,1H3,(H,20,22)/t19-/m1/s1. The van der Waals surface area contributed by atoms with Gasteiger partial charge in [-0.3, -0.25) is 14.9 Å². The maximum atomic E-state index is 11.7. The van der Waals surface area contributed by atoms with Gasteiger partial charge in [-0.1, -0.05) is 42.5 Å². The van der Waals surface area contributed by atoms with E-state index in [1.165, 1.54) is 19.1 Å². The SMILES string of the molecule is CC(=O)N[C@H](c1cccc([N+](=O)[O-])c1)c1c(O)ccc2ccccc12. The number of nitrogens with zero attached hydrogens (tertiary/aromatic N) is 1. The van der Waals surface area contributed by atoms with Crippen molar-refractivity contribution in [3.05, 3.63) is 81.9 Å². The van der Waals surface area contributed by atoms with Crippen molar-refractivity contribution in [3.8, 4) is 5.75 Å². The fourth-order valence-electron chi connectivity index (χ4n) is 2.93. The van der Waals surface area contributed by atoms with Crippen LogP contribution in [0, 0.1) is 10.1 Å². The zero-order valence-electron chi connectivity index (χ0n) is 13.5. The van der Waals surface area contributed by atoms with Crippen LogP contribution in [0.4, 0.5) is 5.69 Å². The number of nitro benzene ring substituents is 1. The van der Waals surface area contributed by atoms with Crippen molar-refractivity contribution in [2.24, 2.45) is 0 Å². The molecule has 0 aliphatic heterocycles. The zero-order valence-corrected chi connectivity index (χ0v) is 13.5. The fraction of sp³-hybridized carbons (Fsp3) is 0.105. The van der Waals surface area contributed by atoms with Crippen LogP contribution in [0.2, 0.25) is 0 Å². The summed E-state index contributed by atoms with van der Waals surface area (Å²) < 4.78 is 0. The van der Waals surface area contributed by atoms with Crippen LogP contribution in [0.3, 0.4) is 0 Å². The van der Waals surface area contributed by atoms with Crippen molar-refractivity contribution in [1.29, 1.82) is 0 Å². The number of aromatic hydroxyl groups is 1. The van der Waals surface area contributed by atoms with Crippen molar-refractivity contribution in [2.45, 2.75) is 13.0 Å². The summed E-state index contributed by atoms with van der Waals surface area (Å²) >= 11 is 0. The van der Waals surface area contributed by atoms with Crippen molar-refractivity contribution < 1.29 is 14.8 Å². The highest BCUT2D eigenvalue weighted by Gasteiger charge is 2.23. The molecule has 3 aromatic carbocycles. The minimum atomic E-state index is -0.705. The van der Waals surface area contributed by atoms with Gasteiger partial charge in [-0.05, 0) is 22.4 Å². The molecule has 126 valence electrons. The smallest absolute Gasteiger partial charge is 0.269 e. The highest BCUT2D eigenvalue weighted by Crippen LogP contribution is 2.36. The molecule has 0 aromatic heterocycles. The lowest BCUT2D eigenvalue weighted by molar-refractivity contribution is -0.384. The second-order valence-corrected chi connectivity index (χ2v) is 5.71. The molecule has 25 heavy (non-hydrogen) atoms. The lowest BCUT2D eigenvalue weighted by Crippen LogP contribution is -2.27. The van der Waals surface area contributed by atoms with E-state index < -0.39 is 11.0 Å². The van der Waals surface area contributed by atoms with Crippen LogP contribution >= 0.6 is 0 Å². The molecule has 3 rings (SSSR count). The summed E-state index contributed by atoms with van der Waals surface area (Å²) in [5, 5.41) is 26.0. The van der Waals surface area contributed by atoms with Crippen LogP contribution in [0.5, 0.6) is 5.75 Å². The second-order valence-electron chi connectivity index (χ2n) is 5.71. The van der Waals surface area contributed by atoms with Gasteiger partial charge in [0.25, 0.3) is 5.69 Å². The zero-order chi connectivity index (χ0) is 18.0. The van der Waals surface area contributed by atoms with E-state index in [9.17, 15) is 20.0 Å². The van der Waals surface area contributed by atoms with Crippen molar-refractivity contribution in [3.63, 3.8) is 0 Å². The molecule has 0 aliphatic carbocycles. The number of rotatable bonds is 4. The van der Waals surface area contributed by atoms with E-state index in [1.54, 1.807) is 24.3 Å². The third-order valence-corrected chi connectivity index (χ3v) is 4.00. The Hall–Kier alpha value is -3.41. The first-order chi connectivity index (χ1) is 12.0. The molecule has 6 heteroatoms. The molecule has 2 N–H and O–H groups in total. The Balaban J connectivity index is 2.24. The minimum absolute atomic E-state index is 0.0176. The monoisotopic (exact) mass is 336 g/mol. The minimum Gasteiger partial charge on any atom is -0.508 e. The number of fused-ring (bicyclic) bond motifs is 1. The van der Waals surface area contributed by atoms with Gasteiger partial charge in [0.2, 0.25) is 5.91 Å². The topological polar surface area (TPSA) is 92.5 Å². The van der Waals surface area contributed by atoms with Crippen LogP contribution in [-0.4, -0.2) is 15.9 Å². The molecule has 0 heterocycles. The van der Waals surface area contributed by atoms with Gasteiger partial charge in [0, 0.05) is 24.6 Å². The lowest BCUT2D eigenvalue weighted by Gasteiger charge is -2.21. The van der Waals surface area contributed by atoms with E-state index in [1.807, 2.05) is 24.3 Å². The summed E-state index contributed by atoms with van der Waals surface area (Å²) in [6.45, 7) is 1.37. The summed E-state index contributed by atoms with van der Waals surface area (Å²) in [6.07, 6.45) is 0. The Labute approximate surface area is 143 Å². The first-order valence-corrected chi connectivity index (χ1v) is 7.69. The average Bonchev–Trinajstić information content (AvgIpc) is 2.60. The molecule has 0 spiro atoms. The molecular formula is C19H16N2O4. The van der Waals surface area contributed by atoms with Gasteiger partial charge in [0.1, 0.15) is 5.75 Å². The average molecular weight is 336 g/mol. The van der Waals surface area contributed by atoms with Crippen molar-refractivity contribution in [1.82, 2.24) is 5.32 Å². The maximum absolute atomic E-state index is 11.7. The quantitative estimate of drug-likeness (QED) is 0.561. The number of carbonyl (C=O) groups is 1. The number of hydrogen-bond donors (Lipinski definition) is 2. The van der Waals surface area contributed by atoms with Crippen LogP contribution in [0.15, 0.2) is 60.7 Å². The summed E-state index contributed by atoms with van der Waals surface area (Å²) in [5.41, 5.74) is 0.956. The highest BCUT2D eigenvalue weighted by molar-refractivity contribution is 5.89. The molecule has 6 nitrogen and oxygen atoms in total. The Kier molecular flexibility index (Phi) is 4.35. The predicted octanol–water partition coefficient (Wildman–Crippen LogP) is 3.68. The van der Waals surface area contributed by atoms with E-state index in [0.29, 0.717) is 11.1 Å². The van der Waals surface area contributed by atoms with Crippen LogP contribution in [0.25, 0.3) is 10.8 Å². The first kappa shape index (κ1) is 16.4. The number of nitrogens with one attached hydrogen (secondary N) is 1. The van der Waals surface area contributed by atoms with Gasteiger partial charge in [-0.25, -0.2) is 0 Å². The van der Waals surface area contributed by atoms with Gasteiger partial charge < -0.3 is 10.4 Å². The maximum Gasteiger partial charge on any atom is 0.269 e. The lowest BCUT2D eigenvalue weighted by atomic mass is 9.92. The third kappa shape index (κ3) is 3.28. The molecule has 0 saturated carbocycles. The fourth-order valence-corrected chi connectivity index (χ4v) is 2.93. The summed E-state index contributed by atoms with van der Waals surface area (Å²) in [4.78, 5) is 22.3. The number of phenolic OH excluding ortho intramolecular Hbond substituents is 1. The van der Waals surface area contributed by atoms with Gasteiger partial charge in [0.05, 0.1) is 11.0 Å².